The van der Waals surface area contributed by atoms with Crippen molar-refractivity contribution in [2.45, 2.75) is 39.7 Å². The van der Waals surface area contributed by atoms with E-state index in [0.717, 1.165) is 18.9 Å². The number of aromatic nitrogens is 2. The minimum atomic E-state index is -0.00900. The fourth-order valence-electron chi connectivity index (χ4n) is 2.14. The summed E-state index contributed by atoms with van der Waals surface area (Å²) in [5, 5.41) is 2.85. The SMILES string of the molecule is CC(C)C(=O)NCc1nccc(N2CCCCC2)n1. The Kier molecular flexibility index (Phi) is 4.71. The number of nitrogens with zero attached hydrogens (tertiary/aromatic N) is 3. The molecule has 1 aliphatic rings. The van der Waals surface area contributed by atoms with Gasteiger partial charge in [0, 0.05) is 25.2 Å². The van der Waals surface area contributed by atoms with E-state index in [9.17, 15) is 4.79 Å². The third-order valence-electron chi connectivity index (χ3n) is 3.32. The average Bonchev–Trinajstić information content (AvgIpc) is 2.46. The molecule has 0 aliphatic carbocycles. The van der Waals surface area contributed by atoms with E-state index in [2.05, 4.69) is 20.2 Å². The van der Waals surface area contributed by atoms with E-state index in [1.807, 2.05) is 19.9 Å². The van der Waals surface area contributed by atoms with Gasteiger partial charge in [-0.2, -0.15) is 0 Å². The molecule has 0 aromatic carbocycles. The molecule has 0 spiro atoms. The highest BCUT2D eigenvalue weighted by Crippen LogP contribution is 2.16. The van der Waals surface area contributed by atoms with Crippen molar-refractivity contribution in [2.24, 2.45) is 5.92 Å². The number of rotatable bonds is 4. The first-order valence-electron chi connectivity index (χ1n) is 7.01. The van der Waals surface area contributed by atoms with Gasteiger partial charge in [0.2, 0.25) is 5.91 Å². The summed E-state index contributed by atoms with van der Waals surface area (Å²) in [7, 11) is 0. The van der Waals surface area contributed by atoms with Gasteiger partial charge in [-0.05, 0) is 25.3 Å². The quantitative estimate of drug-likeness (QED) is 0.898. The molecule has 0 saturated carbocycles. The normalized spacial score (nSPS) is 15.6. The van der Waals surface area contributed by atoms with Gasteiger partial charge < -0.3 is 10.2 Å². The highest BCUT2D eigenvalue weighted by atomic mass is 16.1. The lowest BCUT2D eigenvalue weighted by molar-refractivity contribution is -0.124. The number of hydrogen-bond donors (Lipinski definition) is 1. The van der Waals surface area contributed by atoms with Gasteiger partial charge in [0.25, 0.3) is 0 Å². The molecule has 1 amide bonds. The summed E-state index contributed by atoms with van der Waals surface area (Å²) >= 11 is 0. The molecule has 0 atom stereocenters. The minimum absolute atomic E-state index is 0.00900. The van der Waals surface area contributed by atoms with E-state index in [0.29, 0.717) is 12.4 Å². The summed E-state index contributed by atoms with van der Waals surface area (Å²) in [6, 6.07) is 1.94. The molecule has 1 N–H and O–H groups in total. The molecule has 0 unspecified atom stereocenters. The van der Waals surface area contributed by atoms with Gasteiger partial charge in [-0.25, -0.2) is 9.97 Å². The zero-order chi connectivity index (χ0) is 13.7. The van der Waals surface area contributed by atoms with Crippen molar-refractivity contribution in [1.29, 1.82) is 0 Å². The second kappa shape index (κ2) is 6.50. The van der Waals surface area contributed by atoms with Crippen LogP contribution in [0.5, 0.6) is 0 Å². The Hall–Kier alpha value is -1.65. The Bertz CT molecular complexity index is 427. The molecule has 19 heavy (non-hydrogen) atoms. The smallest absolute Gasteiger partial charge is 0.222 e. The highest BCUT2D eigenvalue weighted by Gasteiger charge is 2.13. The number of piperidine rings is 1. The molecule has 5 heteroatoms. The van der Waals surface area contributed by atoms with Gasteiger partial charge in [0.15, 0.2) is 0 Å². The van der Waals surface area contributed by atoms with Gasteiger partial charge in [-0.15, -0.1) is 0 Å². The van der Waals surface area contributed by atoms with Gasteiger partial charge in [0.05, 0.1) is 6.54 Å². The number of anilines is 1. The molecule has 1 fully saturated rings. The van der Waals surface area contributed by atoms with Crippen LogP contribution in [-0.4, -0.2) is 29.0 Å². The predicted molar refractivity (Wildman–Crippen MR) is 74.8 cm³/mol. The van der Waals surface area contributed by atoms with Crippen LogP contribution in [0.3, 0.4) is 0 Å². The maximum atomic E-state index is 11.5. The van der Waals surface area contributed by atoms with Crippen LogP contribution < -0.4 is 10.2 Å². The number of nitrogens with one attached hydrogen (secondary N) is 1. The molecule has 104 valence electrons. The highest BCUT2D eigenvalue weighted by molar-refractivity contribution is 5.77. The predicted octanol–water partition coefficient (Wildman–Crippen LogP) is 1.74. The van der Waals surface area contributed by atoms with Gasteiger partial charge in [0.1, 0.15) is 11.6 Å². The molecule has 2 heterocycles. The second-order valence-electron chi connectivity index (χ2n) is 5.25. The number of hydrogen-bond acceptors (Lipinski definition) is 4. The van der Waals surface area contributed by atoms with Crippen LogP contribution in [0, 0.1) is 5.92 Å². The van der Waals surface area contributed by atoms with Crippen LogP contribution in [0.1, 0.15) is 38.9 Å². The van der Waals surface area contributed by atoms with Crippen LogP contribution >= 0.6 is 0 Å². The molecular formula is C14H22N4O. The zero-order valence-corrected chi connectivity index (χ0v) is 11.7. The molecule has 1 aromatic rings. The molecule has 0 bridgehead atoms. The van der Waals surface area contributed by atoms with Crippen molar-refractivity contribution in [2.75, 3.05) is 18.0 Å². The molecule has 2 rings (SSSR count). The molecular weight excluding hydrogens is 240 g/mol. The van der Waals surface area contributed by atoms with Crippen LogP contribution in [-0.2, 0) is 11.3 Å². The van der Waals surface area contributed by atoms with Crippen LogP contribution in [0.25, 0.3) is 0 Å². The Labute approximate surface area is 114 Å². The summed E-state index contributed by atoms with van der Waals surface area (Å²) in [4.78, 5) is 22.6. The monoisotopic (exact) mass is 262 g/mol. The largest absolute Gasteiger partial charge is 0.357 e. The summed E-state index contributed by atoms with van der Waals surface area (Å²) in [5.74, 6) is 1.68. The van der Waals surface area contributed by atoms with Crippen LogP contribution in [0.2, 0.25) is 0 Å². The summed E-state index contributed by atoms with van der Waals surface area (Å²) in [6.45, 7) is 6.28. The van der Waals surface area contributed by atoms with Crippen LogP contribution in [0.4, 0.5) is 5.82 Å². The number of carbonyl (C=O) groups excluding carboxylic acids is 1. The van der Waals surface area contributed by atoms with E-state index in [1.165, 1.54) is 19.3 Å². The first-order valence-corrected chi connectivity index (χ1v) is 7.01. The first kappa shape index (κ1) is 13.8. The fraction of sp³-hybridized carbons (Fsp3) is 0.643. The lowest BCUT2D eigenvalue weighted by atomic mass is 10.1. The van der Waals surface area contributed by atoms with Crippen molar-refractivity contribution in [3.8, 4) is 0 Å². The van der Waals surface area contributed by atoms with E-state index >= 15 is 0 Å². The van der Waals surface area contributed by atoms with E-state index in [-0.39, 0.29) is 11.8 Å². The molecule has 5 nitrogen and oxygen atoms in total. The maximum absolute atomic E-state index is 11.5. The summed E-state index contributed by atoms with van der Waals surface area (Å²) in [6.07, 6.45) is 5.53. The van der Waals surface area contributed by atoms with Crippen molar-refractivity contribution in [1.82, 2.24) is 15.3 Å². The van der Waals surface area contributed by atoms with Crippen LogP contribution in [0.15, 0.2) is 12.3 Å². The zero-order valence-electron chi connectivity index (χ0n) is 11.7. The van der Waals surface area contributed by atoms with Gasteiger partial charge in [-0.1, -0.05) is 13.8 Å². The lowest BCUT2D eigenvalue weighted by Crippen LogP contribution is -2.31. The third kappa shape index (κ3) is 3.91. The second-order valence-corrected chi connectivity index (χ2v) is 5.25. The summed E-state index contributed by atoms with van der Waals surface area (Å²) < 4.78 is 0. The standard InChI is InChI=1S/C14H22N4O/c1-11(2)14(19)16-10-12-15-7-6-13(17-12)18-8-4-3-5-9-18/h6-7,11H,3-5,8-10H2,1-2H3,(H,16,19). The van der Waals surface area contributed by atoms with Crippen molar-refractivity contribution < 1.29 is 4.79 Å². The Morgan fingerprint density at radius 2 is 2.11 bits per heavy atom. The van der Waals surface area contributed by atoms with Crippen molar-refractivity contribution in [3.63, 3.8) is 0 Å². The first-order chi connectivity index (χ1) is 9.16. The maximum Gasteiger partial charge on any atom is 0.222 e. The number of amides is 1. The average molecular weight is 262 g/mol. The molecule has 1 aliphatic heterocycles. The Balaban J connectivity index is 1.96. The third-order valence-corrected chi connectivity index (χ3v) is 3.32. The Morgan fingerprint density at radius 1 is 1.37 bits per heavy atom. The summed E-state index contributed by atoms with van der Waals surface area (Å²) in [5.41, 5.74) is 0. The minimum Gasteiger partial charge on any atom is -0.357 e. The van der Waals surface area contributed by atoms with Crippen molar-refractivity contribution >= 4 is 11.7 Å². The lowest BCUT2D eigenvalue weighted by Gasteiger charge is -2.27. The molecule has 1 aromatic heterocycles. The Morgan fingerprint density at radius 3 is 2.79 bits per heavy atom. The molecule has 1 saturated heterocycles. The number of carbonyl (C=O) groups is 1. The van der Waals surface area contributed by atoms with Gasteiger partial charge in [-0.3, -0.25) is 4.79 Å². The van der Waals surface area contributed by atoms with Crippen molar-refractivity contribution in [3.05, 3.63) is 18.1 Å². The topological polar surface area (TPSA) is 58.1 Å². The van der Waals surface area contributed by atoms with E-state index in [4.69, 9.17) is 0 Å². The van der Waals surface area contributed by atoms with E-state index in [1.54, 1.807) is 6.20 Å². The van der Waals surface area contributed by atoms with Gasteiger partial charge >= 0.3 is 0 Å². The fourth-order valence-corrected chi connectivity index (χ4v) is 2.14. The van der Waals surface area contributed by atoms with E-state index < -0.39 is 0 Å². The molecule has 0 radical (unpaired) electrons.